The van der Waals surface area contributed by atoms with E-state index in [9.17, 15) is 4.79 Å². The van der Waals surface area contributed by atoms with Crippen molar-refractivity contribution in [3.05, 3.63) is 100 Å². The fraction of sp³-hybridized carbons (Fsp3) is 0.192. The first-order valence-electron chi connectivity index (χ1n) is 10.6. The van der Waals surface area contributed by atoms with Crippen molar-refractivity contribution in [2.45, 2.75) is 0 Å². The molecule has 0 unspecified atom stereocenters. The molecule has 0 aromatic heterocycles. The van der Waals surface area contributed by atoms with Gasteiger partial charge in [0, 0.05) is 48.3 Å². The highest BCUT2D eigenvalue weighted by atomic mass is 35.5. The lowest BCUT2D eigenvalue weighted by Crippen LogP contribution is -2.46. The topological polar surface area (TPSA) is 35.6 Å². The number of rotatable bonds is 6. The SMILES string of the molecule is O=C(Nc1ccc(Cl)cc1N1CCN(CC=Cc2ccc(Cl)cc2)CC1)c1ccccc1. The minimum Gasteiger partial charge on any atom is -0.367 e. The number of halogens is 2. The Hall–Kier alpha value is -2.79. The highest BCUT2D eigenvalue weighted by molar-refractivity contribution is 6.31. The third-order valence-corrected chi connectivity index (χ3v) is 5.99. The van der Waals surface area contributed by atoms with Crippen LogP contribution in [0.15, 0.2) is 78.9 Å². The molecule has 0 radical (unpaired) electrons. The van der Waals surface area contributed by atoms with Crippen LogP contribution in [0.2, 0.25) is 10.0 Å². The van der Waals surface area contributed by atoms with Gasteiger partial charge in [-0.1, -0.05) is 65.7 Å². The van der Waals surface area contributed by atoms with Crippen molar-refractivity contribution in [2.75, 3.05) is 42.9 Å². The summed E-state index contributed by atoms with van der Waals surface area (Å²) in [5, 5.41) is 4.45. The molecule has 1 heterocycles. The number of carbonyl (C=O) groups is 1. The van der Waals surface area contributed by atoms with Crippen molar-refractivity contribution in [3.63, 3.8) is 0 Å². The largest absolute Gasteiger partial charge is 0.367 e. The summed E-state index contributed by atoms with van der Waals surface area (Å²) in [6, 6.07) is 22.7. The monoisotopic (exact) mass is 465 g/mol. The van der Waals surface area contributed by atoms with Gasteiger partial charge in [0.15, 0.2) is 0 Å². The third kappa shape index (κ3) is 5.92. The molecular weight excluding hydrogens is 441 g/mol. The summed E-state index contributed by atoms with van der Waals surface area (Å²) in [5.74, 6) is -0.125. The second-order valence-corrected chi connectivity index (χ2v) is 8.60. The minimum absolute atomic E-state index is 0.125. The predicted octanol–water partition coefficient (Wildman–Crippen LogP) is 6.08. The second kappa shape index (κ2) is 10.7. The zero-order valence-electron chi connectivity index (χ0n) is 17.7. The smallest absolute Gasteiger partial charge is 0.255 e. The molecule has 1 saturated heterocycles. The van der Waals surface area contributed by atoms with Crippen LogP contribution < -0.4 is 10.2 Å². The van der Waals surface area contributed by atoms with E-state index in [2.05, 4.69) is 27.3 Å². The Morgan fingerprint density at radius 3 is 2.28 bits per heavy atom. The van der Waals surface area contributed by atoms with Crippen molar-refractivity contribution in [2.24, 2.45) is 0 Å². The highest BCUT2D eigenvalue weighted by Gasteiger charge is 2.20. The lowest BCUT2D eigenvalue weighted by atomic mass is 10.1. The first-order chi connectivity index (χ1) is 15.6. The fourth-order valence-electron chi connectivity index (χ4n) is 3.74. The molecule has 1 N–H and O–H groups in total. The van der Waals surface area contributed by atoms with Gasteiger partial charge in [-0.25, -0.2) is 0 Å². The molecule has 3 aromatic carbocycles. The van der Waals surface area contributed by atoms with E-state index < -0.39 is 0 Å². The maximum absolute atomic E-state index is 12.7. The Bertz CT molecular complexity index is 1080. The van der Waals surface area contributed by atoms with E-state index in [4.69, 9.17) is 23.2 Å². The van der Waals surface area contributed by atoms with Crippen molar-refractivity contribution in [1.82, 2.24) is 4.90 Å². The molecule has 1 fully saturated rings. The molecule has 3 aromatic rings. The number of piperazine rings is 1. The molecule has 1 amide bonds. The van der Waals surface area contributed by atoms with Gasteiger partial charge in [-0.3, -0.25) is 9.69 Å². The molecule has 1 aliphatic heterocycles. The van der Waals surface area contributed by atoms with Gasteiger partial charge in [0.1, 0.15) is 0 Å². The van der Waals surface area contributed by atoms with E-state index >= 15 is 0 Å². The van der Waals surface area contributed by atoms with Crippen molar-refractivity contribution >= 4 is 46.6 Å². The predicted molar refractivity (Wildman–Crippen MR) is 135 cm³/mol. The number of amides is 1. The van der Waals surface area contributed by atoms with Crippen LogP contribution in [0.1, 0.15) is 15.9 Å². The Morgan fingerprint density at radius 2 is 1.56 bits per heavy atom. The van der Waals surface area contributed by atoms with Crippen LogP contribution >= 0.6 is 23.2 Å². The average Bonchev–Trinajstić information content (AvgIpc) is 2.82. The Kier molecular flexibility index (Phi) is 7.48. The molecule has 0 saturated carbocycles. The fourth-order valence-corrected chi connectivity index (χ4v) is 4.03. The van der Waals surface area contributed by atoms with Crippen LogP contribution in [0.3, 0.4) is 0 Å². The number of hydrogen-bond acceptors (Lipinski definition) is 3. The molecule has 0 bridgehead atoms. The van der Waals surface area contributed by atoms with E-state index in [1.54, 1.807) is 12.1 Å². The summed E-state index contributed by atoms with van der Waals surface area (Å²) in [6.07, 6.45) is 4.31. The van der Waals surface area contributed by atoms with Crippen LogP contribution in [0.5, 0.6) is 0 Å². The zero-order valence-corrected chi connectivity index (χ0v) is 19.2. The summed E-state index contributed by atoms with van der Waals surface area (Å²) in [7, 11) is 0. The maximum atomic E-state index is 12.7. The van der Waals surface area contributed by atoms with Crippen molar-refractivity contribution < 1.29 is 4.79 Å². The number of nitrogens with zero attached hydrogens (tertiary/aromatic N) is 2. The summed E-state index contributed by atoms with van der Waals surface area (Å²) in [5.41, 5.74) is 3.51. The van der Waals surface area contributed by atoms with E-state index in [0.717, 1.165) is 54.7 Å². The first kappa shape index (κ1) is 22.4. The Morgan fingerprint density at radius 1 is 0.875 bits per heavy atom. The molecule has 164 valence electrons. The van der Waals surface area contributed by atoms with E-state index in [1.807, 2.05) is 60.7 Å². The standard InChI is InChI=1S/C26H25Cl2N3O/c27-22-10-8-20(9-11-22)5-4-14-30-15-17-31(18-16-30)25-19-23(28)12-13-24(25)29-26(32)21-6-2-1-3-7-21/h1-13,19H,14-18H2,(H,29,32). The van der Waals surface area contributed by atoms with E-state index in [0.29, 0.717) is 10.6 Å². The van der Waals surface area contributed by atoms with Gasteiger partial charge in [0.05, 0.1) is 11.4 Å². The highest BCUT2D eigenvalue weighted by Crippen LogP contribution is 2.30. The molecule has 4 rings (SSSR count). The van der Waals surface area contributed by atoms with Gasteiger partial charge in [-0.15, -0.1) is 0 Å². The van der Waals surface area contributed by atoms with Gasteiger partial charge in [-0.05, 0) is 48.0 Å². The number of benzene rings is 3. The van der Waals surface area contributed by atoms with Gasteiger partial charge in [-0.2, -0.15) is 0 Å². The molecule has 0 spiro atoms. The number of hydrogen-bond donors (Lipinski definition) is 1. The van der Waals surface area contributed by atoms with Crippen LogP contribution in [0.4, 0.5) is 11.4 Å². The van der Waals surface area contributed by atoms with Crippen LogP contribution in [-0.4, -0.2) is 43.5 Å². The van der Waals surface area contributed by atoms with Gasteiger partial charge >= 0.3 is 0 Å². The lowest BCUT2D eigenvalue weighted by molar-refractivity contribution is 0.102. The third-order valence-electron chi connectivity index (χ3n) is 5.50. The number of carbonyl (C=O) groups excluding carboxylic acids is 1. The second-order valence-electron chi connectivity index (χ2n) is 7.72. The summed E-state index contributed by atoms with van der Waals surface area (Å²) in [4.78, 5) is 17.4. The van der Waals surface area contributed by atoms with Crippen LogP contribution in [-0.2, 0) is 0 Å². The first-order valence-corrected chi connectivity index (χ1v) is 11.4. The zero-order chi connectivity index (χ0) is 22.3. The number of nitrogens with one attached hydrogen (secondary N) is 1. The van der Waals surface area contributed by atoms with Gasteiger partial charge in [0.25, 0.3) is 5.91 Å². The average molecular weight is 466 g/mol. The Labute approximate surface area is 199 Å². The van der Waals surface area contributed by atoms with Gasteiger partial charge < -0.3 is 10.2 Å². The quantitative estimate of drug-likeness (QED) is 0.478. The lowest BCUT2D eigenvalue weighted by Gasteiger charge is -2.36. The van der Waals surface area contributed by atoms with Crippen molar-refractivity contribution in [1.29, 1.82) is 0 Å². The number of anilines is 2. The molecule has 1 aliphatic rings. The normalized spacial score (nSPS) is 14.6. The summed E-state index contributed by atoms with van der Waals surface area (Å²) in [6.45, 7) is 4.49. The molecule has 4 nitrogen and oxygen atoms in total. The Balaban J connectivity index is 1.37. The summed E-state index contributed by atoms with van der Waals surface area (Å²) < 4.78 is 0. The minimum atomic E-state index is -0.125. The van der Waals surface area contributed by atoms with Crippen LogP contribution in [0.25, 0.3) is 6.08 Å². The van der Waals surface area contributed by atoms with E-state index in [-0.39, 0.29) is 5.91 Å². The summed E-state index contributed by atoms with van der Waals surface area (Å²) >= 11 is 12.2. The van der Waals surface area contributed by atoms with Crippen LogP contribution in [0, 0.1) is 0 Å². The van der Waals surface area contributed by atoms with E-state index in [1.165, 1.54) is 0 Å². The molecular formula is C26H25Cl2N3O. The molecule has 32 heavy (non-hydrogen) atoms. The van der Waals surface area contributed by atoms with Gasteiger partial charge in [0.2, 0.25) is 0 Å². The molecule has 6 heteroatoms. The van der Waals surface area contributed by atoms with Crippen molar-refractivity contribution in [3.8, 4) is 0 Å². The molecule has 0 aliphatic carbocycles. The maximum Gasteiger partial charge on any atom is 0.255 e. The molecule has 0 atom stereocenters.